The molecular weight excluding hydrogens is 300 g/mol. The molecule has 0 spiro atoms. The molecule has 2 nitrogen and oxygen atoms in total. The van der Waals surface area contributed by atoms with E-state index in [0.717, 1.165) is 24.3 Å². The largest absolute Gasteiger partial charge is 0.494 e. The third-order valence-corrected chi connectivity index (χ3v) is 2.96. The molecule has 0 aliphatic rings. The Bertz CT molecular complexity index is 714. The number of methoxy groups -OCH3 is 1. The SMILES string of the molecule is C=CCOc1ccc(-c2ccc(OC)c(F)c2F)c(F)c1F. The van der Waals surface area contributed by atoms with Gasteiger partial charge in [0.05, 0.1) is 7.11 Å². The molecule has 22 heavy (non-hydrogen) atoms. The molecule has 6 heteroatoms. The summed E-state index contributed by atoms with van der Waals surface area (Å²) >= 11 is 0. The van der Waals surface area contributed by atoms with E-state index in [9.17, 15) is 17.6 Å². The number of hydrogen-bond donors (Lipinski definition) is 0. The molecule has 0 N–H and O–H groups in total. The highest BCUT2D eigenvalue weighted by Gasteiger charge is 2.21. The van der Waals surface area contributed by atoms with Gasteiger partial charge in [-0.1, -0.05) is 12.7 Å². The van der Waals surface area contributed by atoms with Crippen LogP contribution in [0.5, 0.6) is 11.5 Å². The van der Waals surface area contributed by atoms with Crippen LogP contribution in [0, 0.1) is 23.3 Å². The molecule has 0 amide bonds. The van der Waals surface area contributed by atoms with Crippen molar-refractivity contribution in [1.29, 1.82) is 0 Å². The number of ether oxygens (including phenoxy) is 2. The van der Waals surface area contributed by atoms with Crippen molar-refractivity contribution in [3.63, 3.8) is 0 Å². The Hall–Kier alpha value is -2.50. The first kappa shape index (κ1) is 15.9. The molecule has 0 radical (unpaired) electrons. The van der Waals surface area contributed by atoms with E-state index in [1.54, 1.807) is 0 Å². The summed E-state index contributed by atoms with van der Waals surface area (Å²) in [7, 11) is 1.17. The van der Waals surface area contributed by atoms with Gasteiger partial charge in [0.25, 0.3) is 0 Å². The predicted molar refractivity (Wildman–Crippen MR) is 74.0 cm³/mol. The molecule has 0 heterocycles. The fraction of sp³-hybridized carbons (Fsp3) is 0.125. The van der Waals surface area contributed by atoms with Crippen molar-refractivity contribution in [2.45, 2.75) is 0 Å². The summed E-state index contributed by atoms with van der Waals surface area (Å²) in [5.41, 5.74) is -0.826. The van der Waals surface area contributed by atoms with E-state index in [0.29, 0.717) is 0 Å². The van der Waals surface area contributed by atoms with Crippen molar-refractivity contribution in [3.8, 4) is 22.6 Å². The number of halogens is 4. The van der Waals surface area contributed by atoms with E-state index < -0.39 is 34.4 Å². The van der Waals surface area contributed by atoms with Crippen molar-refractivity contribution < 1.29 is 27.0 Å². The molecule has 0 fully saturated rings. The van der Waals surface area contributed by atoms with E-state index >= 15 is 0 Å². The highest BCUT2D eigenvalue weighted by atomic mass is 19.2. The van der Waals surface area contributed by atoms with Gasteiger partial charge in [0.1, 0.15) is 6.61 Å². The highest BCUT2D eigenvalue weighted by Crippen LogP contribution is 2.34. The molecule has 116 valence electrons. The van der Waals surface area contributed by atoms with Gasteiger partial charge >= 0.3 is 0 Å². The highest BCUT2D eigenvalue weighted by molar-refractivity contribution is 5.67. The van der Waals surface area contributed by atoms with Crippen LogP contribution in [-0.4, -0.2) is 13.7 Å². The van der Waals surface area contributed by atoms with Crippen LogP contribution in [0.3, 0.4) is 0 Å². The fourth-order valence-electron chi connectivity index (χ4n) is 1.90. The lowest BCUT2D eigenvalue weighted by Crippen LogP contribution is -2.01. The van der Waals surface area contributed by atoms with Crippen LogP contribution in [0.1, 0.15) is 0 Å². The Morgan fingerprint density at radius 2 is 1.36 bits per heavy atom. The smallest absolute Gasteiger partial charge is 0.201 e. The minimum atomic E-state index is -1.33. The van der Waals surface area contributed by atoms with E-state index in [1.807, 2.05) is 0 Å². The zero-order valence-corrected chi connectivity index (χ0v) is 11.6. The van der Waals surface area contributed by atoms with Gasteiger partial charge in [0.15, 0.2) is 23.1 Å². The molecule has 0 aromatic heterocycles. The minimum absolute atomic E-state index is 0.0127. The summed E-state index contributed by atoms with van der Waals surface area (Å²) in [5, 5.41) is 0. The Kier molecular flexibility index (Phi) is 4.70. The van der Waals surface area contributed by atoms with Crippen molar-refractivity contribution in [1.82, 2.24) is 0 Å². The van der Waals surface area contributed by atoms with Gasteiger partial charge in [-0.15, -0.1) is 0 Å². The second-order valence-electron chi connectivity index (χ2n) is 4.28. The van der Waals surface area contributed by atoms with Crippen LogP contribution in [-0.2, 0) is 0 Å². The van der Waals surface area contributed by atoms with Crippen LogP contribution in [0.4, 0.5) is 17.6 Å². The van der Waals surface area contributed by atoms with Gasteiger partial charge in [-0.05, 0) is 24.3 Å². The Morgan fingerprint density at radius 3 is 1.86 bits per heavy atom. The van der Waals surface area contributed by atoms with Crippen molar-refractivity contribution >= 4 is 0 Å². The molecule has 2 rings (SSSR count). The molecule has 0 atom stereocenters. The molecule has 2 aromatic carbocycles. The van der Waals surface area contributed by atoms with Crippen molar-refractivity contribution in [2.75, 3.05) is 13.7 Å². The normalized spacial score (nSPS) is 10.4. The number of hydrogen-bond acceptors (Lipinski definition) is 2. The number of benzene rings is 2. The van der Waals surface area contributed by atoms with E-state index in [2.05, 4.69) is 11.3 Å². The van der Waals surface area contributed by atoms with Crippen LogP contribution in [0.2, 0.25) is 0 Å². The lowest BCUT2D eigenvalue weighted by atomic mass is 10.0. The Morgan fingerprint density at radius 1 is 0.864 bits per heavy atom. The maximum absolute atomic E-state index is 14.1. The maximum Gasteiger partial charge on any atom is 0.201 e. The summed E-state index contributed by atoms with van der Waals surface area (Å²) in [6.45, 7) is 3.37. The molecular formula is C16H12F4O2. The average molecular weight is 312 g/mol. The maximum atomic E-state index is 14.1. The van der Waals surface area contributed by atoms with Crippen LogP contribution in [0.15, 0.2) is 36.9 Å². The van der Waals surface area contributed by atoms with E-state index in [4.69, 9.17) is 4.74 Å². The molecule has 0 aliphatic carbocycles. The fourth-order valence-corrected chi connectivity index (χ4v) is 1.90. The summed E-state index contributed by atoms with van der Waals surface area (Å²) in [4.78, 5) is 0. The molecule has 0 bridgehead atoms. The predicted octanol–water partition coefficient (Wildman–Crippen LogP) is 4.48. The molecule has 0 unspecified atom stereocenters. The van der Waals surface area contributed by atoms with E-state index in [1.165, 1.54) is 13.2 Å². The minimum Gasteiger partial charge on any atom is -0.494 e. The van der Waals surface area contributed by atoms with Gasteiger partial charge in [-0.2, -0.15) is 8.78 Å². The standard InChI is InChI=1S/C16H12F4O2/c1-3-8-22-12-7-5-10(14(18)16(12)20)9-4-6-11(21-2)15(19)13(9)17/h3-7H,1,8H2,2H3. The quantitative estimate of drug-likeness (QED) is 0.598. The van der Waals surface area contributed by atoms with Crippen LogP contribution in [0.25, 0.3) is 11.1 Å². The van der Waals surface area contributed by atoms with Gasteiger partial charge in [-0.3, -0.25) is 0 Å². The Balaban J connectivity index is 2.52. The molecule has 2 aromatic rings. The van der Waals surface area contributed by atoms with Gasteiger partial charge in [0.2, 0.25) is 11.6 Å². The first-order chi connectivity index (χ1) is 10.5. The van der Waals surface area contributed by atoms with Gasteiger partial charge in [0, 0.05) is 11.1 Å². The Labute approximate surface area is 124 Å². The van der Waals surface area contributed by atoms with Gasteiger partial charge < -0.3 is 9.47 Å². The average Bonchev–Trinajstić information content (AvgIpc) is 2.52. The molecule has 0 saturated carbocycles. The molecule has 0 saturated heterocycles. The first-order valence-electron chi connectivity index (χ1n) is 6.25. The summed E-state index contributed by atoms with van der Waals surface area (Å²) in [6.07, 6.45) is 1.36. The van der Waals surface area contributed by atoms with Crippen LogP contribution >= 0.6 is 0 Å². The monoisotopic (exact) mass is 312 g/mol. The lowest BCUT2D eigenvalue weighted by molar-refractivity contribution is 0.333. The number of rotatable bonds is 5. The third kappa shape index (κ3) is 2.77. The summed E-state index contributed by atoms with van der Waals surface area (Å²) in [6, 6.07) is 4.49. The second kappa shape index (κ2) is 6.51. The topological polar surface area (TPSA) is 18.5 Å². The first-order valence-corrected chi connectivity index (χ1v) is 6.25. The second-order valence-corrected chi connectivity index (χ2v) is 4.28. The van der Waals surface area contributed by atoms with Crippen molar-refractivity contribution in [3.05, 3.63) is 60.2 Å². The molecule has 0 aliphatic heterocycles. The lowest BCUT2D eigenvalue weighted by Gasteiger charge is -2.11. The zero-order valence-electron chi connectivity index (χ0n) is 11.6. The summed E-state index contributed by atoms with van der Waals surface area (Å²) in [5.74, 6) is -5.87. The third-order valence-electron chi connectivity index (χ3n) is 2.96. The summed E-state index contributed by atoms with van der Waals surface area (Å²) < 4.78 is 65.1. The van der Waals surface area contributed by atoms with E-state index in [-0.39, 0.29) is 18.1 Å². The zero-order chi connectivity index (χ0) is 16.3. The van der Waals surface area contributed by atoms with Crippen LogP contribution < -0.4 is 9.47 Å². The van der Waals surface area contributed by atoms with Gasteiger partial charge in [-0.25, -0.2) is 8.78 Å². The van der Waals surface area contributed by atoms with Crippen molar-refractivity contribution in [2.24, 2.45) is 0 Å².